The van der Waals surface area contributed by atoms with Crippen LogP contribution < -0.4 is 10.5 Å². The van der Waals surface area contributed by atoms with Crippen molar-refractivity contribution in [1.82, 2.24) is 0 Å². The summed E-state index contributed by atoms with van der Waals surface area (Å²) in [5.74, 6) is 0.195. The van der Waals surface area contributed by atoms with Crippen molar-refractivity contribution in [3.05, 3.63) is 40.6 Å². The second-order valence-corrected chi connectivity index (χ2v) is 3.61. The molecule has 20 heavy (non-hydrogen) atoms. The van der Waals surface area contributed by atoms with Gasteiger partial charge in [0.2, 0.25) is 0 Å². The minimum Gasteiger partial charge on any atom is -0.504 e. The fourth-order valence-corrected chi connectivity index (χ4v) is 1.40. The lowest BCUT2D eigenvalue weighted by Crippen LogP contribution is -2.03. The first-order valence-electron chi connectivity index (χ1n) is 5.36. The Morgan fingerprint density at radius 2 is 1.90 bits per heavy atom. The topological polar surface area (TPSA) is 127 Å². The zero-order valence-corrected chi connectivity index (χ0v) is 10.6. The summed E-state index contributed by atoms with van der Waals surface area (Å²) in [7, 11) is 1.39. The van der Waals surface area contributed by atoms with E-state index in [4.69, 9.17) is 26.3 Å². The number of nitrogens with two attached hydrogens (primary N) is 1. The van der Waals surface area contributed by atoms with Gasteiger partial charge in [0.25, 0.3) is 0 Å². The summed E-state index contributed by atoms with van der Waals surface area (Å²) in [4.78, 5) is 0. The standard InChI is InChI=1S/C14H10N4O2/c1-20-13-5-9(2-3-12(13)19)4-10(6-15)14(18)11(7-16)8-17/h2-5,19H,18H2,1H3. The number of benzene rings is 1. The highest BCUT2D eigenvalue weighted by Crippen LogP contribution is 2.27. The molecule has 0 aromatic heterocycles. The molecular formula is C14H10N4O2. The molecule has 1 aromatic carbocycles. The lowest BCUT2D eigenvalue weighted by atomic mass is 10.1. The van der Waals surface area contributed by atoms with Crippen molar-refractivity contribution in [2.45, 2.75) is 0 Å². The van der Waals surface area contributed by atoms with Crippen molar-refractivity contribution in [1.29, 1.82) is 15.8 Å². The maximum absolute atomic E-state index is 9.47. The van der Waals surface area contributed by atoms with Gasteiger partial charge in [-0.15, -0.1) is 0 Å². The molecule has 0 heterocycles. The number of hydrogen-bond donors (Lipinski definition) is 2. The van der Waals surface area contributed by atoms with Gasteiger partial charge in [-0.2, -0.15) is 15.8 Å². The summed E-state index contributed by atoms with van der Waals surface area (Å²) in [5.41, 5.74) is 5.60. The molecule has 0 spiro atoms. The number of rotatable bonds is 3. The van der Waals surface area contributed by atoms with Crippen molar-refractivity contribution in [3.63, 3.8) is 0 Å². The van der Waals surface area contributed by atoms with Crippen LogP contribution in [-0.4, -0.2) is 12.2 Å². The fourth-order valence-electron chi connectivity index (χ4n) is 1.40. The highest BCUT2D eigenvalue weighted by Gasteiger charge is 2.09. The van der Waals surface area contributed by atoms with Crippen molar-refractivity contribution in [3.8, 4) is 29.7 Å². The van der Waals surface area contributed by atoms with E-state index in [-0.39, 0.29) is 28.3 Å². The van der Waals surface area contributed by atoms with Crippen LogP contribution in [0, 0.1) is 34.0 Å². The van der Waals surface area contributed by atoms with Crippen LogP contribution in [-0.2, 0) is 0 Å². The number of hydrogen-bond acceptors (Lipinski definition) is 6. The average Bonchev–Trinajstić information content (AvgIpc) is 2.47. The predicted molar refractivity (Wildman–Crippen MR) is 70.7 cm³/mol. The normalized spacial score (nSPS) is 9.80. The minimum absolute atomic E-state index is 0.0177. The number of nitriles is 3. The van der Waals surface area contributed by atoms with E-state index >= 15 is 0 Å². The molecule has 6 nitrogen and oxygen atoms in total. The van der Waals surface area contributed by atoms with E-state index in [0.717, 1.165) is 0 Å². The molecule has 98 valence electrons. The average molecular weight is 266 g/mol. The molecule has 0 aliphatic carbocycles. The quantitative estimate of drug-likeness (QED) is 0.631. The van der Waals surface area contributed by atoms with Gasteiger partial charge in [0.05, 0.1) is 18.4 Å². The van der Waals surface area contributed by atoms with Gasteiger partial charge >= 0.3 is 0 Å². The molecule has 6 heteroatoms. The first kappa shape index (κ1) is 14.6. The van der Waals surface area contributed by atoms with Crippen LogP contribution in [0.3, 0.4) is 0 Å². The summed E-state index contributed by atoms with van der Waals surface area (Å²) in [6.07, 6.45) is 1.39. The highest BCUT2D eigenvalue weighted by atomic mass is 16.5. The van der Waals surface area contributed by atoms with Crippen molar-refractivity contribution in [2.75, 3.05) is 7.11 Å². The summed E-state index contributed by atoms with van der Waals surface area (Å²) >= 11 is 0. The third-order valence-corrected chi connectivity index (χ3v) is 2.42. The zero-order valence-electron chi connectivity index (χ0n) is 10.6. The van der Waals surface area contributed by atoms with Crippen LogP contribution in [0.4, 0.5) is 0 Å². The Morgan fingerprint density at radius 1 is 1.25 bits per heavy atom. The lowest BCUT2D eigenvalue weighted by molar-refractivity contribution is 0.373. The molecule has 0 saturated carbocycles. The molecule has 3 N–H and O–H groups in total. The van der Waals surface area contributed by atoms with Gasteiger partial charge < -0.3 is 15.6 Å². The third-order valence-electron chi connectivity index (χ3n) is 2.42. The zero-order chi connectivity index (χ0) is 15.1. The van der Waals surface area contributed by atoms with Gasteiger partial charge in [0.15, 0.2) is 17.1 Å². The lowest BCUT2D eigenvalue weighted by Gasteiger charge is -2.04. The van der Waals surface area contributed by atoms with Gasteiger partial charge in [-0.05, 0) is 23.8 Å². The maximum Gasteiger partial charge on any atom is 0.161 e. The fraction of sp³-hybridized carbons (Fsp3) is 0.0714. The minimum atomic E-state index is -0.330. The smallest absolute Gasteiger partial charge is 0.161 e. The molecule has 0 aliphatic rings. The van der Waals surface area contributed by atoms with Gasteiger partial charge in [-0.3, -0.25) is 0 Å². The Labute approximate surface area is 115 Å². The highest BCUT2D eigenvalue weighted by molar-refractivity contribution is 5.67. The summed E-state index contributed by atoms with van der Waals surface area (Å²) < 4.78 is 4.94. The second kappa shape index (κ2) is 6.49. The molecular weight excluding hydrogens is 256 g/mol. The van der Waals surface area contributed by atoms with Crippen LogP contribution in [0.5, 0.6) is 11.5 Å². The molecule has 0 radical (unpaired) electrons. The Hall–Kier alpha value is -3.43. The van der Waals surface area contributed by atoms with Gasteiger partial charge in [0.1, 0.15) is 18.2 Å². The molecule has 0 atom stereocenters. The summed E-state index contributed by atoms with van der Waals surface area (Å²) in [5, 5.41) is 36.0. The summed E-state index contributed by atoms with van der Waals surface area (Å²) in [6.45, 7) is 0. The summed E-state index contributed by atoms with van der Waals surface area (Å²) in [6, 6.07) is 9.50. The maximum atomic E-state index is 9.47. The molecule has 1 aromatic rings. The first-order chi connectivity index (χ1) is 9.57. The second-order valence-electron chi connectivity index (χ2n) is 3.61. The van der Waals surface area contributed by atoms with Crippen LogP contribution in [0.15, 0.2) is 35.0 Å². The molecule has 1 rings (SSSR count). The van der Waals surface area contributed by atoms with Crippen LogP contribution in [0.1, 0.15) is 5.56 Å². The van der Waals surface area contributed by atoms with Crippen molar-refractivity contribution in [2.24, 2.45) is 5.73 Å². The van der Waals surface area contributed by atoms with Crippen LogP contribution in [0.2, 0.25) is 0 Å². The largest absolute Gasteiger partial charge is 0.504 e. The Bertz CT molecular complexity index is 696. The van der Waals surface area contributed by atoms with E-state index in [0.29, 0.717) is 5.56 Å². The molecule has 0 bridgehead atoms. The molecule has 0 aliphatic heterocycles. The van der Waals surface area contributed by atoms with E-state index in [1.54, 1.807) is 18.2 Å². The van der Waals surface area contributed by atoms with Crippen molar-refractivity contribution >= 4 is 6.08 Å². The van der Waals surface area contributed by atoms with E-state index < -0.39 is 0 Å². The molecule has 0 unspecified atom stereocenters. The van der Waals surface area contributed by atoms with E-state index in [9.17, 15) is 5.11 Å². The van der Waals surface area contributed by atoms with E-state index in [1.165, 1.54) is 25.3 Å². The Balaban J connectivity index is 3.35. The van der Waals surface area contributed by atoms with Crippen LogP contribution >= 0.6 is 0 Å². The number of ether oxygens (including phenoxy) is 1. The Kier molecular flexibility index (Phi) is 4.75. The monoisotopic (exact) mass is 266 g/mol. The third kappa shape index (κ3) is 3.07. The molecule has 0 amide bonds. The SMILES string of the molecule is COc1cc(C=C(C#N)C(N)=C(C#N)C#N)ccc1O. The number of phenols is 1. The first-order valence-corrected chi connectivity index (χ1v) is 5.36. The van der Waals surface area contributed by atoms with E-state index in [1.807, 2.05) is 6.07 Å². The van der Waals surface area contributed by atoms with Gasteiger partial charge in [-0.1, -0.05) is 6.07 Å². The number of methoxy groups -OCH3 is 1. The number of aromatic hydroxyl groups is 1. The van der Waals surface area contributed by atoms with Crippen LogP contribution in [0.25, 0.3) is 6.08 Å². The van der Waals surface area contributed by atoms with Crippen molar-refractivity contribution < 1.29 is 9.84 Å². The van der Waals surface area contributed by atoms with Gasteiger partial charge in [0, 0.05) is 0 Å². The molecule has 0 saturated heterocycles. The number of allylic oxidation sites excluding steroid dienone is 2. The van der Waals surface area contributed by atoms with E-state index in [2.05, 4.69) is 0 Å². The number of phenolic OH excluding ortho intramolecular Hbond substituents is 1. The molecule has 0 fully saturated rings. The number of nitrogens with zero attached hydrogens (tertiary/aromatic N) is 3. The predicted octanol–water partition coefficient (Wildman–Crippen LogP) is 1.57. The Morgan fingerprint density at radius 3 is 2.40 bits per heavy atom. The van der Waals surface area contributed by atoms with Gasteiger partial charge in [-0.25, -0.2) is 0 Å².